The van der Waals surface area contributed by atoms with Gasteiger partial charge in [-0.3, -0.25) is 4.79 Å². The third-order valence-corrected chi connectivity index (χ3v) is 5.78. The molecule has 0 unspecified atom stereocenters. The van der Waals surface area contributed by atoms with Gasteiger partial charge in [0.2, 0.25) is 0 Å². The lowest BCUT2D eigenvalue weighted by Crippen LogP contribution is -2.13. The van der Waals surface area contributed by atoms with E-state index in [-0.39, 0.29) is 12.2 Å². The Morgan fingerprint density at radius 1 is 1.09 bits per heavy atom. The highest BCUT2D eigenvalue weighted by molar-refractivity contribution is 9.10. The van der Waals surface area contributed by atoms with E-state index in [4.69, 9.17) is 9.47 Å². The topological polar surface area (TPSA) is 95.1 Å². The number of rotatable bonds is 8. The average Bonchev–Trinajstić information content (AvgIpc) is 2.87. The van der Waals surface area contributed by atoms with Crippen LogP contribution >= 0.6 is 15.9 Å². The van der Waals surface area contributed by atoms with Crippen molar-refractivity contribution < 1.29 is 14.3 Å². The van der Waals surface area contributed by atoms with E-state index in [1.807, 2.05) is 30.3 Å². The SMILES string of the molecule is CCc1ccc(NC(=O)/C(C#N)=C/c2cc(OC)c(OCc3ccccc3C#N)cc2Br)cc1. The number of methoxy groups -OCH3 is 1. The number of anilines is 1. The second-order valence-corrected chi connectivity index (χ2v) is 8.11. The number of hydrogen-bond donors (Lipinski definition) is 1. The second-order valence-electron chi connectivity index (χ2n) is 7.26. The molecule has 0 saturated heterocycles. The number of benzene rings is 3. The van der Waals surface area contributed by atoms with E-state index >= 15 is 0 Å². The van der Waals surface area contributed by atoms with Crippen LogP contribution in [0.4, 0.5) is 5.69 Å². The maximum atomic E-state index is 12.7. The summed E-state index contributed by atoms with van der Waals surface area (Å²) in [5.74, 6) is 0.376. The van der Waals surface area contributed by atoms with Gasteiger partial charge >= 0.3 is 0 Å². The first-order valence-electron chi connectivity index (χ1n) is 10.5. The molecule has 0 bridgehead atoms. The number of ether oxygens (including phenoxy) is 2. The predicted molar refractivity (Wildman–Crippen MR) is 134 cm³/mol. The van der Waals surface area contributed by atoms with Crippen molar-refractivity contribution in [1.29, 1.82) is 10.5 Å². The van der Waals surface area contributed by atoms with E-state index in [9.17, 15) is 15.3 Å². The lowest BCUT2D eigenvalue weighted by Gasteiger charge is -2.13. The molecule has 3 aromatic rings. The smallest absolute Gasteiger partial charge is 0.266 e. The molecule has 0 spiro atoms. The molecule has 3 rings (SSSR count). The van der Waals surface area contributed by atoms with Crippen LogP contribution in [-0.4, -0.2) is 13.0 Å². The first-order chi connectivity index (χ1) is 16.5. The van der Waals surface area contributed by atoms with Crippen LogP contribution in [0.25, 0.3) is 6.08 Å². The molecule has 6 nitrogen and oxygen atoms in total. The summed E-state index contributed by atoms with van der Waals surface area (Å²) in [7, 11) is 1.50. The third-order valence-electron chi connectivity index (χ3n) is 5.09. The van der Waals surface area contributed by atoms with Gasteiger partial charge in [0.25, 0.3) is 5.91 Å². The summed E-state index contributed by atoms with van der Waals surface area (Å²) in [5.41, 5.74) is 3.58. The minimum atomic E-state index is -0.508. The fraction of sp³-hybridized carbons (Fsp3) is 0.148. The lowest BCUT2D eigenvalue weighted by atomic mass is 10.1. The Morgan fingerprint density at radius 3 is 2.47 bits per heavy atom. The molecule has 0 aliphatic heterocycles. The molecule has 0 aliphatic rings. The van der Waals surface area contributed by atoms with Crippen molar-refractivity contribution in [2.45, 2.75) is 20.0 Å². The van der Waals surface area contributed by atoms with Gasteiger partial charge in [-0.1, -0.05) is 53.2 Å². The second kappa shape index (κ2) is 11.7. The van der Waals surface area contributed by atoms with Crippen molar-refractivity contribution in [3.8, 4) is 23.6 Å². The number of nitrogens with zero attached hydrogens (tertiary/aromatic N) is 2. The number of nitrogens with one attached hydrogen (secondary N) is 1. The highest BCUT2D eigenvalue weighted by Crippen LogP contribution is 2.35. The van der Waals surface area contributed by atoms with E-state index in [1.54, 1.807) is 36.4 Å². The van der Waals surface area contributed by atoms with Crippen molar-refractivity contribution in [2.24, 2.45) is 0 Å². The van der Waals surface area contributed by atoms with Crippen LogP contribution in [0, 0.1) is 22.7 Å². The molecule has 170 valence electrons. The Balaban J connectivity index is 1.82. The van der Waals surface area contributed by atoms with E-state index in [0.29, 0.717) is 32.8 Å². The summed E-state index contributed by atoms with van der Waals surface area (Å²) in [5, 5.41) is 21.6. The number of aryl methyl sites for hydroxylation is 1. The Hall–Kier alpha value is -4.07. The van der Waals surface area contributed by atoms with Crippen LogP contribution in [-0.2, 0) is 17.8 Å². The van der Waals surface area contributed by atoms with Gasteiger partial charge in [-0.2, -0.15) is 10.5 Å². The van der Waals surface area contributed by atoms with Crippen LogP contribution < -0.4 is 14.8 Å². The zero-order chi connectivity index (χ0) is 24.5. The molecule has 1 amide bonds. The number of halogens is 1. The maximum Gasteiger partial charge on any atom is 0.266 e. The maximum absolute atomic E-state index is 12.7. The molecule has 7 heteroatoms. The van der Waals surface area contributed by atoms with Crippen molar-refractivity contribution in [2.75, 3.05) is 12.4 Å². The van der Waals surface area contributed by atoms with Crippen LogP contribution in [0.3, 0.4) is 0 Å². The van der Waals surface area contributed by atoms with Gasteiger partial charge in [0, 0.05) is 15.7 Å². The molecule has 0 aromatic heterocycles. The van der Waals surface area contributed by atoms with Crippen molar-refractivity contribution in [1.82, 2.24) is 0 Å². The van der Waals surface area contributed by atoms with E-state index in [0.717, 1.165) is 17.5 Å². The minimum absolute atomic E-state index is 0.0565. The molecular weight excluding hydrogens is 494 g/mol. The third kappa shape index (κ3) is 6.04. The molecule has 0 aliphatic carbocycles. The zero-order valence-corrected chi connectivity index (χ0v) is 20.3. The monoisotopic (exact) mass is 515 g/mol. The summed E-state index contributed by atoms with van der Waals surface area (Å²) in [6.45, 7) is 2.24. The number of amides is 1. The van der Waals surface area contributed by atoms with Crippen LogP contribution in [0.15, 0.2) is 70.7 Å². The van der Waals surface area contributed by atoms with Gasteiger partial charge in [0.15, 0.2) is 11.5 Å². The molecule has 0 heterocycles. The summed E-state index contributed by atoms with van der Waals surface area (Å²) in [4.78, 5) is 12.7. The normalized spacial score (nSPS) is 10.7. The molecule has 0 fully saturated rings. The molecule has 34 heavy (non-hydrogen) atoms. The van der Waals surface area contributed by atoms with Gasteiger partial charge in [0.05, 0.1) is 18.7 Å². The van der Waals surface area contributed by atoms with Gasteiger partial charge in [-0.25, -0.2) is 0 Å². The zero-order valence-electron chi connectivity index (χ0n) is 18.8. The summed E-state index contributed by atoms with van der Waals surface area (Å²) >= 11 is 3.48. The van der Waals surface area contributed by atoms with Crippen molar-refractivity contribution >= 4 is 33.6 Å². The number of nitriles is 2. The molecule has 1 N–H and O–H groups in total. The standard InChI is InChI=1S/C27H22BrN3O3/c1-3-18-8-10-23(11-9-18)31-27(32)22(16-30)12-21-13-25(33-2)26(14-24(21)28)34-17-20-7-5-4-6-19(20)15-29/h4-14H,3,17H2,1-2H3,(H,31,32)/b22-12+. The fourth-order valence-corrected chi connectivity index (χ4v) is 3.61. The van der Waals surface area contributed by atoms with Crippen LogP contribution in [0.1, 0.15) is 29.2 Å². The highest BCUT2D eigenvalue weighted by Gasteiger charge is 2.14. The van der Waals surface area contributed by atoms with Gasteiger partial charge < -0.3 is 14.8 Å². The Kier molecular flexibility index (Phi) is 8.45. The fourth-order valence-electron chi connectivity index (χ4n) is 3.17. The van der Waals surface area contributed by atoms with Crippen molar-refractivity contribution in [3.05, 3.63) is 93.0 Å². The van der Waals surface area contributed by atoms with E-state index in [2.05, 4.69) is 34.2 Å². The van der Waals surface area contributed by atoms with E-state index < -0.39 is 5.91 Å². The van der Waals surface area contributed by atoms with Crippen molar-refractivity contribution in [3.63, 3.8) is 0 Å². The Morgan fingerprint density at radius 2 is 1.82 bits per heavy atom. The van der Waals surface area contributed by atoms with Gasteiger partial charge in [-0.15, -0.1) is 0 Å². The van der Waals surface area contributed by atoms with Crippen LogP contribution in [0.2, 0.25) is 0 Å². The quantitative estimate of drug-likeness (QED) is 0.292. The predicted octanol–water partition coefficient (Wildman–Crippen LogP) is 6.02. The molecular formula is C27H22BrN3O3. The Bertz CT molecular complexity index is 1300. The van der Waals surface area contributed by atoms with E-state index in [1.165, 1.54) is 13.2 Å². The van der Waals surface area contributed by atoms with Gasteiger partial charge in [-0.05, 0) is 54.0 Å². The molecule has 0 saturated carbocycles. The summed E-state index contributed by atoms with van der Waals surface area (Å²) < 4.78 is 12.0. The first-order valence-corrected chi connectivity index (χ1v) is 11.3. The molecule has 3 aromatic carbocycles. The molecule has 0 radical (unpaired) electrons. The highest BCUT2D eigenvalue weighted by atomic mass is 79.9. The van der Waals surface area contributed by atoms with Crippen LogP contribution in [0.5, 0.6) is 11.5 Å². The first kappa shape index (κ1) is 24.6. The number of hydrogen-bond acceptors (Lipinski definition) is 5. The largest absolute Gasteiger partial charge is 0.493 e. The minimum Gasteiger partial charge on any atom is -0.493 e. The summed E-state index contributed by atoms with van der Waals surface area (Å²) in [6.07, 6.45) is 2.38. The lowest BCUT2D eigenvalue weighted by molar-refractivity contribution is -0.112. The number of carbonyl (C=O) groups excluding carboxylic acids is 1. The Labute approximate surface area is 207 Å². The van der Waals surface area contributed by atoms with Gasteiger partial charge in [0.1, 0.15) is 18.2 Å². The average molecular weight is 516 g/mol. The molecule has 0 atom stereocenters. The summed E-state index contributed by atoms with van der Waals surface area (Å²) in [6, 6.07) is 22.1. The number of carbonyl (C=O) groups is 1.